The summed E-state index contributed by atoms with van der Waals surface area (Å²) >= 11 is 1.23. The minimum absolute atomic E-state index is 0.0381. The molecule has 0 spiro atoms. The Morgan fingerprint density at radius 3 is 2.50 bits per heavy atom. The number of hydrogen-bond donors (Lipinski definition) is 4. The van der Waals surface area contributed by atoms with E-state index in [0.717, 1.165) is 0 Å². The van der Waals surface area contributed by atoms with Crippen molar-refractivity contribution in [2.75, 3.05) is 18.1 Å². The largest absolute Gasteiger partial charge is 0.359 e. The second-order valence-corrected chi connectivity index (χ2v) is 6.98. The van der Waals surface area contributed by atoms with Crippen LogP contribution < -0.4 is 21.3 Å². The molecule has 0 radical (unpaired) electrons. The summed E-state index contributed by atoms with van der Waals surface area (Å²) in [6.07, 6.45) is 0.425. The number of amides is 3. The average Bonchev–Trinajstić information content (AvgIpc) is 2.60. The second kappa shape index (κ2) is 9.35. The van der Waals surface area contributed by atoms with Crippen molar-refractivity contribution in [2.45, 2.75) is 31.3 Å². The zero-order valence-electron chi connectivity index (χ0n) is 14.6. The normalized spacial score (nSPS) is 19.4. The smallest absolute Gasteiger partial charge is 0.234 e. The number of anilines is 1. The maximum absolute atomic E-state index is 12.1. The third-order valence-corrected chi connectivity index (χ3v) is 4.79. The molecule has 0 aromatic heterocycles. The van der Waals surface area contributed by atoms with E-state index in [0.29, 0.717) is 11.3 Å². The van der Waals surface area contributed by atoms with Gasteiger partial charge >= 0.3 is 0 Å². The highest BCUT2D eigenvalue weighted by atomic mass is 32.2. The predicted octanol–water partition coefficient (Wildman–Crippen LogP) is 0.459. The lowest BCUT2D eigenvalue weighted by atomic mass is 10.1. The third-order valence-electron chi connectivity index (χ3n) is 3.78. The summed E-state index contributed by atoms with van der Waals surface area (Å²) in [6, 6.07) is 6.37. The first-order chi connectivity index (χ1) is 12.4. The molecule has 3 amide bonds. The second-order valence-electron chi connectivity index (χ2n) is 5.89. The molecule has 1 fully saturated rings. The summed E-state index contributed by atoms with van der Waals surface area (Å²) < 4.78 is 0. The van der Waals surface area contributed by atoms with E-state index in [1.165, 1.54) is 18.7 Å². The fraction of sp³-hybridized carbons (Fsp3) is 0.412. The summed E-state index contributed by atoms with van der Waals surface area (Å²) in [7, 11) is 1.55. The van der Waals surface area contributed by atoms with Gasteiger partial charge in [-0.3, -0.25) is 24.5 Å². The summed E-state index contributed by atoms with van der Waals surface area (Å²) in [5, 5.41) is 11.1. The predicted molar refractivity (Wildman–Crippen MR) is 99.7 cm³/mol. The lowest BCUT2D eigenvalue weighted by molar-refractivity contribution is -0.125. The highest BCUT2D eigenvalue weighted by Crippen LogP contribution is 2.15. The molecule has 0 bridgehead atoms. The zero-order chi connectivity index (χ0) is 19.1. The van der Waals surface area contributed by atoms with Crippen molar-refractivity contribution in [1.82, 2.24) is 16.0 Å². The van der Waals surface area contributed by atoms with Crippen LogP contribution >= 0.6 is 11.8 Å². The molecule has 1 aromatic carbocycles. The molecule has 8 nitrogen and oxygen atoms in total. The number of nitrogens with one attached hydrogen (secondary N) is 4. The molecule has 0 aliphatic carbocycles. The number of rotatable bonds is 7. The van der Waals surface area contributed by atoms with E-state index in [2.05, 4.69) is 21.3 Å². The lowest BCUT2D eigenvalue weighted by Crippen LogP contribution is -2.55. The summed E-state index contributed by atoms with van der Waals surface area (Å²) in [5.74, 6) is -0.443. The molecular formula is C17H22N4O4S. The van der Waals surface area contributed by atoms with Crippen LogP contribution in [-0.2, 0) is 14.4 Å². The fourth-order valence-corrected chi connectivity index (χ4v) is 3.33. The van der Waals surface area contributed by atoms with E-state index in [9.17, 15) is 19.2 Å². The Kier molecular flexibility index (Phi) is 7.16. The maximum Gasteiger partial charge on any atom is 0.234 e. The first-order valence-electron chi connectivity index (χ1n) is 8.16. The molecule has 4 N–H and O–H groups in total. The highest BCUT2D eigenvalue weighted by molar-refractivity contribution is 8.00. The molecule has 2 unspecified atom stereocenters. The highest BCUT2D eigenvalue weighted by Gasteiger charge is 2.27. The van der Waals surface area contributed by atoms with Crippen molar-refractivity contribution in [3.63, 3.8) is 0 Å². The number of carbonyl (C=O) groups excluding carboxylic acids is 4. The van der Waals surface area contributed by atoms with Gasteiger partial charge in [0, 0.05) is 37.2 Å². The van der Waals surface area contributed by atoms with Crippen LogP contribution in [0.3, 0.4) is 0 Å². The standard InChI is InChI=1S/C17H22N4O4S/c1-10(22)11-3-5-12(6-4-11)19-16(25)9-26-17-20-13(7-14(23)18-2)8-15(24)21-17/h3-6,13,17,20H,7-9H2,1-2H3,(H,18,23)(H,19,25)(H,21,24). The van der Waals surface area contributed by atoms with Crippen LogP contribution in [0.1, 0.15) is 30.1 Å². The minimum Gasteiger partial charge on any atom is -0.359 e. The van der Waals surface area contributed by atoms with E-state index in [4.69, 9.17) is 0 Å². The van der Waals surface area contributed by atoms with Crippen molar-refractivity contribution in [1.29, 1.82) is 0 Å². The Hall–Kier alpha value is -2.39. The molecule has 140 valence electrons. The Balaban J connectivity index is 1.81. The number of carbonyl (C=O) groups is 4. The van der Waals surface area contributed by atoms with Crippen molar-refractivity contribution in [2.24, 2.45) is 0 Å². The Morgan fingerprint density at radius 2 is 1.88 bits per heavy atom. The Morgan fingerprint density at radius 1 is 1.19 bits per heavy atom. The van der Waals surface area contributed by atoms with Gasteiger partial charge < -0.3 is 16.0 Å². The molecule has 1 saturated heterocycles. The minimum atomic E-state index is -0.434. The molecule has 1 aliphatic rings. The van der Waals surface area contributed by atoms with E-state index in [1.807, 2.05) is 0 Å². The van der Waals surface area contributed by atoms with E-state index in [1.54, 1.807) is 31.3 Å². The molecule has 1 aromatic rings. The van der Waals surface area contributed by atoms with Gasteiger partial charge in [0.1, 0.15) is 5.50 Å². The number of hydrogen-bond acceptors (Lipinski definition) is 6. The summed E-state index contributed by atoms with van der Waals surface area (Å²) in [4.78, 5) is 46.5. The van der Waals surface area contributed by atoms with Gasteiger partial charge in [0.15, 0.2) is 5.78 Å². The van der Waals surface area contributed by atoms with E-state index in [-0.39, 0.29) is 48.1 Å². The number of thioether (sulfide) groups is 1. The molecule has 1 aliphatic heterocycles. The van der Waals surface area contributed by atoms with Crippen LogP contribution in [0.5, 0.6) is 0 Å². The van der Waals surface area contributed by atoms with Gasteiger partial charge in [0.25, 0.3) is 0 Å². The van der Waals surface area contributed by atoms with Crippen LogP contribution in [0.2, 0.25) is 0 Å². The van der Waals surface area contributed by atoms with Gasteiger partial charge in [-0.2, -0.15) is 0 Å². The first kappa shape index (κ1) is 19.9. The Labute approximate surface area is 155 Å². The van der Waals surface area contributed by atoms with Crippen LogP contribution in [0.15, 0.2) is 24.3 Å². The molecule has 26 heavy (non-hydrogen) atoms. The van der Waals surface area contributed by atoms with Gasteiger partial charge in [0.2, 0.25) is 17.7 Å². The van der Waals surface area contributed by atoms with Gasteiger partial charge in [-0.1, -0.05) is 0 Å². The van der Waals surface area contributed by atoms with Gasteiger partial charge in [-0.15, -0.1) is 11.8 Å². The fourth-order valence-electron chi connectivity index (χ4n) is 2.43. The zero-order valence-corrected chi connectivity index (χ0v) is 15.4. The lowest BCUT2D eigenvalue weighted by Gasteiger charge is -2.30. The number of benzene rings is 1. The molecule has 0 saturated carbocycles. The topological polar surface area (TPSA) is 116 Å². The molecule has 1 heterocycles. The molecule has 9 heteroatoms. The SMILES string of the molecule is CNC(=O)CC1CC(=O)NC(SCC(=O)Nc2ccc(C(C)=O)cc2)N1. The third kappa shape index (κ3) is 6.16. The number of Topliss-reactive ketones (excluding diaryl/α,β-unsaturated/α-hetero) is 1. The van der Waals surface area contributed by atoms with Gasteiger partial charge in [0.05, 0.1) is 5.75 Å². The van der Waals surface area contributed by atoms with Crippen molar-refractivity contribution < 1.29 is 19.2 Å². The van der Waals surface area contributed by atoms with Crippen molar-refractivity contribution in [3.8, 4) is 0 Å². The summed E-state index contributed by atoms with van der Waals surface area (Å²) in [5.41, 5.74) is 0.740. The van der Waals surface area contributed by atoms with Crippen LogP contribution in [0.25, 0.3) is 0 Å². The Bertz CT molecular complexity index is 693. The van der Waals surface area contributed by atoms with Gasteiger partial charge in [-0.25, -0.2) is 0 Å². The van der Waals surface area contributed by atoms with E-state index >= 15 is 0 Å². The molecular weight excluding hydrogens is 356 g/mol. The first-order valence-corrected chi connectivity index (χ1v) is 9.20. The average molecular weight is 378 g/mol. The van der Waals surface area contributed by atoms with Crippen LogP contribution in [-0.4, -0.2) is 47.8 Å². The van der Waals surface area contributed by atoms with E-state index < -0.39 is 5.50 Å². The maximum atomic E-state index is 12.1. The van der Waals surface area contributed by atoms with Crippen molar-refractivity contribution in [3.05, 3.63) is 29.8 Å². The van der Waals surface area contributed by atoms with Crippen LogP contribution in [0.4, 0.5) is 5.69 Å². The monoisotopic (exact) mass is 378 g/mol. The van der Waals surface area contributed by atoms with Crippen LogP contribution in [0, 0.1) is 0 Å². The van der Waals surface area contributed by atoms with Gasteiger partial charge in [-0.05, 0) is 31.2 Å². The molecule has 2 atom stereocenters. The summed E-state index contributed by atoms with van der Waals surface area (Å²) in [6.45, 7) is 1.48. The van der Waals surface area contributed by atoms with Crippen molar-refractivity contribution >= 4 is 41.0 Å². The number of ketones is 1. The molecule has 2 rings (SSSR count). The quantitative estimate of drug-likeness (QED) is 0.512.